The first-order valence-electron chi connectivity index (χ1n) is 7.90. The third-order valence-corrected chi connectivity index (χ3v) is 5.80. The van der Waals surface area contributed by atoms with Crippen molar-refractivity contribution in [2.45, 2.75) is 4.90 Å². The van der Waals surface area contributed by atoms with Crippen molar-refractivity contribution < 1.29 is 17.6 Å². The van der Waals surface area contributed by atoms with Crippen molar-refractivity contribution in [2.24, 2.45) is 0 Å². The molecule has 0 unspecified atom stereocenters. The second-order valence-electron chi connectivity index (χ2n) is 5.70. The summed E-state index contributed by atoms with van der Waals surface area (Å²) in [6, 6.07) is 15.3. The van der Waals surface area contributed by atoms with Crippen molar-refractivity contribution >= 4 is 50.5 Å². The fourth-order valence-corrected chi connectivity index (χ4v) is 3.74. The predicted octanol–water partition coefficient (Wildman–Crippen LogP) is 5.19. The van der Waals surface area contributed by atoms with E-state index in [4.69, 9.17) is 23.2 Å². The van der Waals surface area contributed by atoms with Crippen LogP contribution in [-0.4, -0.2) is 14.3 Å². The molecule has 0 bridgehead atoms. The molecule has 3 rings (SSSR count). The van der Waals surface area contributed by atoms with Gasteiger partial charge in [-0.1, -0.05) is 41.4 Å². The van der Waals surface area contributed by atoms with Crippen molar-refractivity contribution in [1.82, 2.24) is 0 Å². The summed E-state index contributed by atoms with van der Waals surface area (Å²) in [5, 5.41) is 3.21. The summed E-state index contributed by atoms with van der Waals surface area (Å²) in [5.74, 6) is -1.25. The Bertz CT molecular complexity index is 1150. The molecule has 1 amide bonds. The van der Waals surface area contributed by atoms with Crippen LogP contribution < -0.4 is 10.0 Å². The van der Waals surface area contributed by atoms with Gasteiger partial charge in [0.2, 0.25) is 0 Å². The highest BCUT2D eigenvalue weighted by Gasteiger charge is 2.18. The molecule has 28 heavy (non-hydrogen) atoms. The largest absolute Gasteiger partial charge is 0.322 e. The van der Waals surface area contributed by atoms with Crippen LogP contribution in [-0.2, 0) is 10.0 Å². The summed E-state index contributed by atoms with van der Waals surface area (Å²) in [6.45, 7) is 0. The number of nitrogens with one attached hydrogen (secondary N) is 2. The van der Waals surface area contributed by atoms with Crippen LogP contribution in [0.2, 0.25) is 10.0 Å². The van der Waals surface area contributed by atoms with Gasteiger partial charge in [-0.25, -0.2) is 12.8 Å². The van der Waals surface area contributed by atoms with E-state index in [2.05, 4.69) is 10.0 Å². The molecule has 2 N–H and O–H groups in total. The molecule has 0 aliphatic rings. The second-order valence-corrected chi connectivity index (χ2v) is 8.19. The van der Waals surface area contributed by atoms with Gasteiger partial charge in [-0.2, -0.15) is 0 Å². The smallest absolute Gasteiger partial charge is 0.262 e. The summed E-state index contributed by atoms with van der Waals surface area (Å²) in [4.78, 5) is 12.3. The highest BCUT2D eigenvalue weighted by atomic mass is 35.5. The maximum absolute atomic E-state index is 13.7. The summed E-state index contributed by atoms with van der Waals surface area (Å²) >= 11 is 11.8. The Hall–Kier alpha value is -2.61. The zero-order valence-electron chi connectivity index (χ0n) is 14.1. The zero-order chi connectivity index (χ0) is 20.3. The normalized spacial score (nSPS) is 11.1. The lowest BCUT2D eigenvalue weighted by molar-refractivity contribution is 0.102. The van der Waals surface area contributed by atoms with Gasteiger partial charge in [0.25, 0.3) is 15.9 Å². The van der Waals surface area contributed by atoms with Gasteiger partial charge in [-0.05, 0) is 48.5 Å². The monoisotopic (exact) mass is 438 g/mol. The van der Waals surface area contributed by atoms with E-state index in [1.165, 1.54) is 54.6 Å². The van der Waals surface area contributed by atoms with Crippen molar-refractivity contribution in [3.63, 3.8) is 0 Å². The van der Waals surface area contributed by atoms with Crippen LogP contribution in [0.3, 0.4) is 0 Å². The standard InChI is InChI=1S/C19H13Cl2FN2O3S/c20-15-9-8-13(11-16(15)21)23-19(25)12-4-3-5-14(10-12)28(26,27)24-18-7-2-1-6-17(18)22/h1-11,24H,(H,23,25). The molecule has 0 radical (unpaired) electrons. The topological polar surface area (TPSA) is 75.3 Å². The van der Waals surface area contributed by atoms with Crippen LogP contribution in [0, 0.1) is 5.82 Å². The Morgan fingerprint density at radius 1 is 0.893 bits per heavy atom. The summed E-state index contributed by atoms with van der Waals surface area (Å²) in [5.41, 5.74) is 0.313. The van der Waals surface area contributed by atoms with E-state index in [0.29, 0.717) is 10.7 Å². The number of rotatable bonds is 5. The van der Waals surface area contributed by atoms with Crippen LogP contribution in [0.15, 0.2) is 71.6 Å². The lowest BCUT2D eigenvalue weighted by Crippen LogP contribution is -2.16. The quantitative estimate of drug-likeness (QED) is 0.575. The van der Waals surface area contributed by atoms with Crippen LogP contribution in [0.25, 0.3) is 0 Å². The first-order valence-corrected chi connectivity index (χ1v) is 10.1. The van der Waals surface area contributed by atoms with Crippen LogP contribution in [0.4, 0.5) is 15.8 Å². The number of carbonyl (C=O) groups is 1. The Morgan fingerprint density at radius 3 is 2.36 bits per heavy atom. The Morgan fingerprint density at radius 2 is 1.64 bits per heavy atom. The van der Waals surface area contributed by atoms with E-state index in [0.717, 1.165) is 6.07 Å². The van der Waals surface area contributed by atoms with Gasteiger partial charge in [-0.15, -0.1) is 0 Å². The third-order valence-electron chi connectivity index (χ3n) is 3.70. The molecule has 0 saturated carbocycles. The fraction of sp³-hybridized carbons (Fsp3) is 0. The number of carbonyl (C=O) groups excluding carboxylic acids is 1. The van der Waals surface area contributed by atoms with Crippen molar-refractivity contribution in [2.75, 3.05) is 10.0 Å². The molecule has 3 aromatic carbocycles. The van der Waals surface area contributed by atoms with Gasteiger partial charge in [0.1, 0.15) is 5.82 Å². The highest BCUT2D eigenvalue weighted by Crippen LogP contribution is 2.25. The third kappa shape index (κ3) is 4.62. The van der Waals surface area contributed by atoms with Gasteiger partial charge < -0.3 is 5.32 Å². The Kier molecular flexibility index (Phi) is 5.88. The SMILES string of the molecule is O=C(Nc1ccc(Cl)c(Cl)c1)c1cccc(S(=O)(=O)Nc2ccccc2F)c1. The molecule has 0 aromatic heterocycles. The van der Waals surface area contributed by atoms with Gasteiger partial charge in [0.05, 0.1) is 20.6 Å². The predicted molar refractivity (Wildman–Crippen MR) is 108 cm³/mol. The summed E-state index contributed by atoms with van der Waals surface area (Å²) in [6.07, 6.45) is 0. The maximum Gasteiger partial charge on any atom is 0.262 e. The minimum atomic E-state index is -4.09. The minimum absolute atomic E-state index is 0.0995. The molecule has 0 atom stereocenters. The van der Waals surface area contributed by atoms with Crippen LogP contribution in [0.5, 0.6) is 0 Å². The lowest BCUT2D eigenvalue weighted by atomic mass is 10.2. The van der Waals surface area contributed by atoms with Gasteiger partial charge >= 0.3 is 0 Å². The number of para-hydroxylation sites is 1. The summed E-state index contributed by atoms with van der Waals surface area (Å²) < 4.78 is 41.0. The minimum Gasteiger partial charge on any atom is -0.322 e. The van der Waals surface area contributed by atoms with Gasteiger partial charge in [0.15, 0.2) is 0 Å². The average Bonchev–Trinajstić information content (AvgIpc) is 2.66. The molecule has 9 heteroatoms. The molecule has 3 aromatic rings. The van der Waals surface area contributed by atoms with E-state index >= 15 is 0 Å². The number of hydrogen-bond donors (Lipinski definition) is 2. The molecule has 0 fully saturated rings. The van der Waals surface area contributed by atoms with E-state index in [1.54, 1.807) is 6.07 Å². The van der Waals surface area contributed by atoms with E-state index in [-0.39, 0.29) is 21.2 Å². The van der Waals surface area contributed by atoms with E-state index in [1.807, 2.05) is 0 Å². The fourth-order valence-electron chi connectivity index (χ4n) is 2.33. The van der Waals surface area contributed by atoms with E-state index in [9.17, 15) is 17.6 Å². The average molecular weight is 439 g/mol. The zero-order valence-corrected chi connectivity index (χ0v) is 16.4. The van der Waals surface area contributed by atoms with Crippen LogP contribution in [0.1, 0.15) is 10.4 Å². The highest BCUT2D eigenvalue weighted by molar-refractivity contribution is 7.92. The molecular formula is C19H13Cl2FN2O3S. The number of halogens is 3. The molecule has 144 valence electrons. The number of hydrogen-bond acceptors (Lipinski definition) is 3. The molecular weight excluding hydrogens is 426 g/mol. The molecule has 0 spiro atoms. The molecule has 5 nitrogen and oxygen atoms in total. The van der Waals surface area contributed by atoms with Crippen molar-refractivity contribution in [3.05, 3.63) is 88.2 Å². The number of amides is 1. The molecule has 0 aliphatic carbocycles. The lowest BCUT2D eigenvalue weighted by Gasteiger charge is -2.10. The first kappa shape index (κ1) is 20.1. The molecule has 0 heterocycles. The maximum atomic E-state index is 13.7. The number of anilines is 2. The van der Waals surface area contributed by atoms with Crippen molar-refractivity contribution in [3.8, 4) is 0 Å². The summed E-state index contributed by atoms with van der Waals surface area (Å²) in [7, 11) is -4.09. The number of sulfonamides is 1. The first-order chi connectivity index (χ1) is 13.3. The number of benzene rings is 3. The van der Waals surface area contributed by atoms with Crippen molar-refractivity contribution in [1.29, 1.82) is 0 Å². The van der Waals surface area contributed by atoms with Gasteiger partial charge in [0, 0.05) is 11.3 Å². The second kappa shape index (κ2) is 8.18. The Balaban J connectivity index is 1.83. The van der Waals surface area contributed by atoms with Gasteiger partial charge in [-0.3, -0.25) is 9.52 Å². The Labute approximate surface area is 171 Å². The molecule has 0 aliphatic heterocycles. The molecule has 0 saturated heterocycles. The van der Waals surface area contributed by atoms with E-state index < -0.39 is 21.7 Å². The van der Waals surface area contributed by atoms with Crippen LogP contribution >= 0.6 is 23.2 Å².